The first-order valence-electron chi connectivity index (χ1n) is 10.1. The molecule has 1 atom stereocenters. The van der Waals surface area contributed by atoms with Gasteiger partial charge in [0.05, 0.1) is 5.92 Å². The zero-order chi connectivity index (χ0) is 19.7. The molecule has 4 rings (SSSR count). The third-order valence-corrected chi connectivity index (χ3v) is 6.46. The Labute approximate surface area is 167 Å². The molecule has 0 N–H and O–H groups in total. The van der Waals surface area contributed by atoms with Gasteiger partial charge >= 0.3 is 0 Å². The maximum Gasteiger partial charge on any atom is 0.253 e. The quantitative estimate of drug-likeness (QED) is 0.798. The molecule has 2 heterocycles. The average Bonchev–Trinajstić information content (AvgIpc) is 2.71. The van der Waals surface area contributed by atoms with Gasteiger partial charge in [-0.1, -0.05) is 48.0 Å². The maximum atomic E-state index is 12.9. The van der Waals surface area contributed by atoms with E-state index in [9.17, 15) is 9.59 Å². The van der Waals surface area contributed by atoms with E-state index in [1.165, 1.54) is 0 Å². The normalized spacial score (nSPS) is 21.8. The second-order valence-electron chi connectivity index (χ2n) is 8.52. The second-order valence-corrected chi connectivity index (χ2v) is 8.52. The zero-order valence-electron chi connectivity index (χ0n) is 16.7. The molecule has 2 aliphatic rings. The Morgan fingerprint density at radius 1 is 1.04 bits per heavy atom. The molecule has 1 unspecified atom stereocenters. The smallest absolute Gasteiger partial charge is 0.253 e. The summed E-state index contributed by atoms with van der Waals surface area (Å²) in [5.74, 6) is 0.271. The largest absolute Gasteiger partial charge is 0.345 e. The van der Waals surface area contributed by atoms with Crippen LogP contribution in [-0.2, 0) is 4.79 Å². The third kappa shape index (κ3) is 3.56. The van der Waals surface area contributed by atoms with E-state index in [4.69, 9.17) is 0 Å². The molecule has 2 aliphatic heterocycles. The van der Waals surface area contributed by atoms with Gasteiger partial charge in [0.15, 0.2) is 0 Å². The van der Waals surface area contributed by atoms with E-state index in [0.717, 1.165) is 55.6 Å². The maximum absolute atomic E-state index is 12.9. The highest BCUT2D eigenvalue weighted by molar-refractivity contribution is 5.94. The SMILES string of the molecule is Cc1cccc(C(=O)N2CCC3(CC2)CC(c2ccccc2)C(=O)N(C)C3)c1. The van der Waals surface area contributed by atoms with Crippen LogP contribution in [0.15, 0.2) is 54.6 Å². The summed E-state index contributed by atoms with van der Waals surface area (Å²) in [4.78, 5) is 29.6. The first-order valence-corrected chi connectivity index (χ1v) is 10.1. The fraction of sp³-hybridized carbons (Fsp3) is 0.417. The van der Waals surface area contributed by atoms with Crippen molar-refractivity contribution in [2.24, 2.45) is 5.41 Å². The molecule has 0 bridgehead atoms. The third-order valence-electron chi connectivity index (χ3n) is 6.46. The van der Waals surface area contributed by atoms with Crippen LogP contribution < -0.4 is 0 Å². The number of rotatable bonds is 2. The molecule has 2 aromatic rings. The van der Waals surface area contributed by atoms with E-state index in [0.29, 0.717) is 0 Å². The van der Waals surface area contributed by atoms with E-state index >= 15 is 0 Å². The number of carbonyl (C=O) groups is 2. The summed E-state index contributed by atoms with van der Waals surface area (Å²) in [7, 11) is 1.92. The van der Waals surface area contributed by atoms with E-state index < -0.39 is 0 Å². The van der Waals surface area contributed by atoms with Crippen LogP contribution in [0.3, 0.4) is 0 Å². The monoisotopic (exact) mass is 376 g/mol. The number of hydrogen-bond acceptors (Lipinski definition) is 2. The molecule has 28 heavy (non-hydrogen) atoms. The number of aryl methyl sites for hydroxylation is 1. The molecule has 2 aromatic carbocycles. The van der Waals surface area contributed by atoms with Crippen LogP contribution in [0.25, 0.3) is 0 Å². The van der Waals surface area contributed by atoms with E-state index in [-0.39, 0.29) is 23.1 Å². The summed E-state index contributed by atoms with van der Waals surface area (Å²) >= 11 is 0. The lowest BCUT2D eigenvalue weighted by Crippen LogP contribution is -2.53. The fourth-order valence-corrected chi connectivity index (χ4v) is 4.88. The number of amides is 2. The second kappa shape index (κ2) is 7.42. The molecule has 2 amide bonds. The van der Waals surface area contributed by atoms with E-state index in [1.54, 1.807) is 0 Å². The minimum absolute atomic E-state index is 0.0704. The predicted molar refractivity (Wildman–Crippen MR) is 110 cm³/mol. The number of nitrogens with zero attached hydrogens (tertiary/aromatic N) is 2. The van der Waals surface area contributed by atoms with Gasteiger partial charge < -0.3 is 9.80 Å². The molecular formula is C24H28N2O2. The number of likely N-dealkylation sites (tertiary alicyclic amines) is 2. The molecule has 0 aromatic heterocycles. The topological polar surface area (TPSA) is 40.6 Å². The number of piperidine rings is 2. The highest BCUT2D eigenvalue weighted by Crippen LogP contribution is 2.45. The van der Waals surface area contributed by atoms with Crippen LogP contribution in [0.4, 0.5) is 0 Å². The summed E-state index contributed by atoms with van der Waals surface area (Å²) in [6.45, 7) is 4.33. The number of benzene rings is 2. The van der Waals surface area contributed by atoms with Crippen molar-refractivity contribution >= 4 is 11.8 Å². The molecule has 1 spiro atoms. The molecular weight excluding hydrogens is 348 g/mol. The highest BCUT2D eigenvalue weighted by Gasteiger charge is 2.45. The average molecular weight is 377 g/mol. The predicted octanol–water partition coefficient (Wildman–Crippen LogP) is 3.86. The van der Waals surface area contributed by atoms with Gasteiger partial charge in [0.2, 0.25) is 5.91 Å². The summed E-state index contributed by atoms with van der Waals surface area (Å²) < 4.78 is 0. The van der Waals surface area contributed by atoms with E-state index in [2.05, 4.69) is 12.1 Å². The Bertz CT molecular complexity index is 869. The lowest BCUT2D eigenvalue weighted by Gasteiger charge is -2.49. The molecule has 4 heteroatoms. The molecule has 2 fully saturated rings. The van der Waals surface area contributed by atoms with Crippen LogP contribution in [0, 0.1) is 12.3 Å². The standard InChI is InChI=1S/C24H28N2O2/c1-18-7-6-10-20(15-18)22(27)26-13-11-24(12-14-26)16-21(23(28)25(2)17-24)19-8-4-3-5-9-19/h3-10,15,21H,11-14,16-17H2,1-2H3. The molecule has 0 radical (unpaired) electrons. The van der Waals surface area contributed by atoms with Crippen molar-refractivity contribution < 1.29 is 9.59 Å². The van der Waals surface area contributed by atoms with Crippen molar-refractivity contribution in [3.63, 3.8) is 0 Å². The van der Waals surface area contributed by atoms with Crippen molar-refractivity contribution in [2.75, 3.05) is 26.7 Å². The number of likely N-dealkylation sites (N-methyl/N-ethyl adjacent to an activating group) is 1. The van der Waals surface area contributed by atoms with Crippen LogP contribution in [0.2, 0.25) is 0 Å². The van der Waals surface area contributed by atoms with Gasteiger partial charge in [0.1, 0.15) is 0 Å². The minimum Gasteiger partial charge on any atom is -0.345 e. The lowest BCUT2D eigenvalue weighted by atomic mass is 9.67. The van der Waals surface area contributed by atoms with Gasteiger partial charge in [0, 0.05) is 32.2 Å². The van der Waals surface area contributed by atoms with Crippen molar-refractivity contribution in [3.05, 3.63) is 71.3 Å². The van der Waals surface area contributed by atoms with Crippen LogP contribution in [0.5, 0.6) is 0 Å². The van der Waals surface area contributed by atoms with Gasteiger partial charge in [-0.2, -0.15) is 0 Å². The van der Waals surface area contributed by atoms with Gasteiger partial charge in [0.25, 0.3) is 5.91 Å². The van der Waals surface area contributed by atoms with Gasteiger partial charge in [-0.15, -0.1) is 0 Å². The summed E-state index contributed by atoms with van der Waals surface area (Å²) in [6, 6.07) is 18.0. The van der Waals surface area contributed by atoms with Crippen LogP contribution >= 0.6 is 0 Å². The Kier molecular flexibility index (Phi) is 4.96. The zero-order valence-corrected chi connectivity index (χ0v) is 16.7. The Balaban J connectivity index is 1.48. The Morgan fingerprint density at radius 2 is 1.75 bits per heavy atom. The summed E-state index contributed by atoms with van der Waals surface area (Å²) in [6.07, 6.45) is 2.78. The molecule has 4 nitrogen and oxygen atoms in total. The van der Waals surface area contributed by atoms with Gasteiger partial charge in [-0.05, 0) is 49.3 Å². The van der Waals surface area contributed by atoms with Crippen molar-refractivity contribution in [1.82, 2.24) is 9.80 Å². The van der Waals surface area contributed by atoms with Crippen LogP contribution in [0.1, 0.15) is 46.7 Å². The molecule has 2 saturated heterocycles. The number of hydrogen-bond donors (Lipinski definition) is 0. The highest BCUT2D eigenvalue weighted by atomic mass is 16.2. The van der Waals surface area contributed by atoms with Crippen molar-refractivity contribution in [1.29, 1.82) is 0 Å². The number of carbonyl (C=O) groups excluding carboxylic acids is 2. The molecule has 0 aliphatic carbocycles. The van der Waals surface area contributed by atoms with Gasteiger partial charge in [-0.25, -0.2) is 0 Å². The van der Waals surface area contributed by atoms with Crippen LogP contribution in [-0.4, -0.2) is 48.3 Å². The molecule has 146 valence electrons. The Morgan fingerprint density at radius 3 is 2.43 bits per heavy atom. The minimum atomic E-state index is -0.0704. The summed E-state index contributed by atoms with van der Waals surface area (Å²) in [5.41, 5.74) is 3.09. The Hall–Kier alpha value is -2.62. The molecule has 0 saturated carbocycles. The fourth-order valence-electron chi connectivity index (χ4n) is 4.88. The first kappa shape index (κ1) is 18.7. The van der Waals surface area contributed by atoms with E-state index in [1.807, 2.05) is 66.2 Å². The first-order chi connectivity index (χ1) is 13.5. The van der Waals surface area contributed by atoms with Crippen molar-refractivity contribution in [3.8, 4) is 0 Å². The lowest BCUT2D eigenvalue weighted by molar-refractivity contribution is -0.139. The van der Waals surface area contributed by atoms with Gasteiger partial charge in [-0.3, -0.25) is 9.59 Å². The van der Waals surface area contributed by atoms with Crippen molar-refractivity contribution in [2.45, 2.75) is 32.1 Å². The summed E-state index contributed by atoms with van der Waals surface area (Å²) in [5, 5.41) is 0.